The van der Waals surface area contributed by atoms with Crippen molar-refractivity contribution in [3.8, 4) is 22.3 Å². The van der Waals surface area contributed by atoms with E-state index < -0.39 is 0 Å². The molecule has 4 aromatic carbocycles. The lowest BCUT2D eigenvalue weighted by Gasteiger charge is -2.31. The minimum Gasteiger partial charge on any atom is -0.294 e. The molecule has 2 aliphatic carbocycles. The first-order chi connectivity index (χ1) is 18.4. The van der Waals surface area contributed by atoms with Gasteiger partial charge >= 0.3 is 0 Å². The highest BCUT2D eigenvalue weighted by Crippen LogP contribution is 2.64. The van der Waals surface area contributed by atoms with E-state index in [1.54, 1.807) is 13.8 Å². The van der Waals surface area contributed by atoms with Crippen molar-refractivity contribution in [2.24, 2.45) is 0 Å². The van der Waals surface area contributed by atoms with Crippen LogP contribution in [0.15, 0.2) is 84.9 Å². The van der Waals surface area contributed by atoms with Gasteiger partial charge in [-0.1, -0.05) is 88.4 Å². The lowest BCUT2D eigenvalue weighted by Crippen LogP contribution is -2.27. The lowest BCUT2D eigenvalue weighted by molar-refractivity contribution is 0.101. The van der Waals surface area contributed by atoms with Crippen LogP contribution in [-0.2, 0) is 16.2 Å². The molecule has 2 heteroatoms. The number of hydrogen-bond donors (Lipinski definition) is 0. The number of Topliss-reactive ketones (excluding diaryl/α,β-unsaturated/α-hetero) is 2. The number of ketones is 2. The zero-order chi connectivity index (χ0) is 27.7. The van der Waals surface area contributed by atoms with Gasteiger partial charge in [-0.2, -0.15) is 0 Å². The third kappa shape index (κ3) is 3.84. The van der Waals surface area contributed by atoms with Crippen LogP contribution in [0.25, 0.3) is 22.3 Å². The summed E-state index contributed by atoms with van der Waals surface area (Å²) in [6, 6.07) is 29.6. The summed E-state index contributed by atoms with van der Waals surface area (Å²) in [4.78, 5) is 25.9. The standard InChI is InChI=1S/C37H36O2/c1-23(38)27-17-31-33(19-29(27)25-13-9-7-10-14-25)37(21-35(31,3)4)22-36(5,6)32-18-28(24(2)39)30(20-34(32)37)26-15-11-8-12-16-26/h7-20H,21-22H2,1-6H3. The normalized spacial score (nSPS) is 17.6. The van der Waals surface area contributed by atoms with E-state index in [2.05, 4.69) is 76.2 Å². The summed E-state index contributed by atoms with van der Waals surface area (Å²) in [6.07, 6.45) is 1.93. The molecular formula is C37H36O2. The molecule has 1 spiro atoms. The van der Waals surface area contributed by atoms with Crippen LogP contribution < -0.4 is 0 Å². The largest absolute Gasteiger partial charge is 0.294 e. The Balaban J connectivity index is 1.68. The summed E-state index contributed by atoms with van der Waals surface area (Å²) in [5.74, 6) is 0.191. The Labute approximate surface area is 232 Å². The third-order valence-electron chi connectivity index (χ3n) is 9.22. The van der Waals surface area contributed by atoms with Gasteiger partial charge in [0.05, 0.1) is 0 Å². The van der Waals surface area contributed by atoms with E-state index in [1.165, 1.54) is 22.3 Å². The number of benzene rings is 4. The van der Waals surface area contributed by atoms with Crippen molar-refractivity contribution in [2.45, 2.75) is 70.6 Å². The number of carbonyl (C=O) groups is 2. The van der Waals surface area contributed by atoms with E-state index >= 15 is 0 Å². The molecule has 39 heavy (non-hydrogen) atoms. The maximum absolute atomic E-state index is 12.9. The van der Waals surface area contributed by atoms with Gasteiger partial charge < -0.3 is 0 Å². The Hall–Kier alpha value is -3.78. The Morgan fingerprint density at radius 3 is 1.23 bits per heavy atom. The fourth-order valence-electron chi connectivity index (χ4n) is 7.69. The summed E-state index contributed by atoms with van der Waals surface area (Å²) in [6.45, 7) is 12.6. The summed E-state index contributed by atoms with van der Waals surface area (Å²) < 4.78 is 0. The predicted octanol–water partition coefficient (Wildman–Crippen LogP) is 9.07. The highest BCUT2D eigenvalue weighted by molar-refractivity contribution is 6.02. The van der Waals surface area contributed by atoms with Gasteiger partial charge in [0.1, 0.15) is 0 Å². The van der Waals surface area contributed by atoms with Gasteiger partial charge in [-0.25, -0.2) is 0 Å². The van der Waals surface area contributed by atoms with Gasteiger partial charge in [-0.15, -0.1) is 0 Å². The molecule has 0 aromatic heterocycles. The predicted molar refractivity (Wildman–Crippen MR) is 160 cm³/mol. The summed E-state index contributed by atoms with van der Waals surface area (Å²) >= 11 is 0. The summed E-state index contributed by atoms with van der Waals surface area (Å²) in [5, 5.41) is 0. The molecule has 0 saturated carbocycles. The molecule has 0 atom stereocenters. The molecular weight excluding hydrogens is 476 g/mol. The monoisotopic (exact) mass is 512 g/mol. The minimum atomic E-state index is -0.199. The summed E-state index contributed by atoms with van der Waals surface area (Å²) in [5.41, 5.74) is 10.5. The van der Waals surface area contributed by atoms with Crippen LogP contribution in [0.4, 0.5) is 0 Å². The van der Waals surface area contributed by atoms with Gasteiger partial charge in [0, 0.05) is 16.5 Å². The van der Waals surface area contributed by atoms with Gasteiger partial charge in [0.25, 0.3) is 0 Å². The second-order valence-electron chi connectivity index (χ2n) is 12.9. The molecule has 0 N–H and O–H groups in total. The molecule has 0 unspecified atom stereocenters. The van der Waals surface area contributed by atoms with E-state index in [-0.39, 0.29) is 27.8 Å². The fraction of sp³-hybridized carbons (Fsp3) is 0.297. The Morgan fingerprint density at radius 1 is 0.538 bits per heavy atom. The molecule has 196 valence electrons. The third-order valence-corrected chi connectivity index (χ3v) is 9.22. The SMILES string of the molecule is CC(=O)c1cc2c(cc1-c1ccccc1)C1(CC2(C)C)CC(C)(C)c2cc(C(C)=O)c(-c3ccccc3)cc21. The van der Waals surface area contributed by atoms with Crippen LogP contribution in [0.3, 0.4) is 0 Å². The molecule has 0 heterocycles. The van der Waals surface area contributed by atoms with Gasteiger partial charge in [-0.05, 0) is 106 Å². The lowest BCUT2D eigenvalue weighted by atomic mass is 9.72. The van der Waals surface area contributed by atoms with E-state index in [1.807, 2.05) is 36.4 Å². The molecule has 0 radical (unpaired) electrons. The Bertz CT molecular complexity index is 1510. The smallest absolute Gasteiger partial charge is 0.160 e. The molecule has 2 aliphatic rings. The Kier molecular flexibility index (Phi) is 5.63. The van der Waals surface area contributed by atoms with Crippen molar-refractivity contribution in [3.63, 3.8) is 0 Å². The molecule has 0 amide bonds. The van der Waals surface area contributed by atoms with Crippen molar-refractivity contribution in [1.82, 2.24) is 0 Å². The van der Waals surface area contributed by atoms with Crippen LogP contribution in [0, 0.1) is 0 Å². The van der Waals surface area contributed by atoms with Crippen LogP contribution in [0.1, 0.15) is 97.4 Å². The van der Waals surface area contributed by atoms with Gasteiger partial charge in [0.15, 0.2) is 11.6 Å². The number of carbonyl (C=O) groups excluding carboxylic acids is 2. The molecule has 0 saturated heterocycles. The maximum atomic E-state index is 12.9. The van der Waals surface area contributed by atoms with Crippen molar-refractivity contribution >= 4 is 11.6 Å². The molecule has 4 aromatic rings. The van der Waals surface area contributed by atoms with Crippen molar-refractivity contribution in [3.05, 3.63) is 118 Å². The molecule has 0 fully saturated rings. The molecule has 0 bridgehead atoms. The fourth-order valence-corrected chi connectivity index (χ4v) is 7.69. The average Bonchev–Trinajstić information content (AvgIpc) is 3.27. The topological polar surface area (TPSA) is 34.1 Å². The van der Waals surface area contributed by atoms with Crippen molar-refractivity contribution in [1.29, 1.82) is 0 Å². The second-order valence-corrected chi connectivity index (χ2v) is 12.9. The van der Waals surface area contributed by atoms with E-state index in [4.69, 9.17) is 0 Å². The quantitative estimate of drug-likeness (QED) is 0.256. The van der Waals surface area contributed by atoms with Gasteiger partial charge in [-0.3, -0.25) is 9.59 Å². The van der Waals surface area contributed by atoms with Gasteiger partial charge in [0.2, 0.25) is 0 Å². The van der Waals surface area contributed by atoms with Crippen LogP contribution in [-0.4, -0.2) is 11.6 Å². The minimum absolute atomic E-state index is 0.0954. The number of fused-ring (bicyclic) bond motifs is 4. The first kappa shape index (κ1) is 25.5. The second kappa shape index (κ2) is 8.61. The first-order valence-corrected chi connectivity index (χ1v) is 14.0. The molecule has 2 nitrogen and oxygen atoms in total. The number of hydrogen-bond acceptors (Lipinski definition) is 2. The van der Waals surface area contributed by atoms with Crippen molar-refractivity contribution < 1.29 is 9.59 Å². The van der Waals surface area contributed by atoms with Crippen LogP contribution >= 0.6 is 0 Å². The van der Waals surface area contributed by atoms with Crippen LogP contribution in [0.2, 0.25) is 0 Å². The zero-order valence-corrected chi connectivity index (χ0v) is 23.8. The van der Waals surface area contributed by atoms with Crippen molar-refractivity contribution in [2.75, 3.05) is 0 Å². The van der Waals surface area contributed by atoms with Crippen LogP contribution in [0.5, 0.6) is 0 Å². The van der Waals surface area contributed by atoms with E-state index in [0.717, 1.165) is 46.2 Å². The molecule has 0 aliphatic heterocycles. The Morgan fingerprint density at radius 2 is 0.897 bits per heavy atom. The van der Waals surface area contributed by atoms with E-state index in [9.17, 15) is 9.59 Å². The van der Waals surface area contributed by atoms with E-state index in [0.29, 0.717) is 0 Å². The maximum Gasteiger partial charge on any atom is 0.160 e. The number of rotatable bonds is 4. The summed E-state index contributed by atoms with van der Waals surface area (Å²) in [7, 11) is 0. The zero-order valence-electron chi connectivity index (χ0n) is 23.8. The highest BCUT2D eigenvalue weighted by atomic mass is 16.1. The first-order valence-electron chi connectivity index (χ1n) is 14.0. The average molecular weight is 513 g/mol. The highest BCUT2D eigenvalue weighted by Gasteiger charge is 2.56. The molecule has 6 rings (SSSR count).